The Morgan fingerprint density at radius 2 is 2.00 bits per heavy atom. The van der Waals surface area contributed by atoms with Gasteiger partial charge in [0.25, 0.3) is 0 Å². The van der Waals surface area contributed by atoms with Crippen LogP contribution in [0.15, 0.2) is 0 Å². The highest BCUT2D eigenvalue weighted by molar-refractivity contribution is 5.82. The molecule has 1 amide bonds. The minimum Gasteiger partial charge on any atom is -0.350 e. The van der Waals surface area contributed by atoms with Gasteiger partial charge >= 0.3 is 0 Å². The first-order valence-electron chi connectivity index (χ1n) is 8.44. The number of piperazine rings is 1. The molecule has 0 spiro atoms. The van der Waals surface area contributed by atoms with Crippen molar-refractivity contribution < 1.29 is 4.79 Å². The molecule has 0 aliphatic carbocycles. The highest BCUT2D eigenvalue weighted by Gasteiger charge is 2.34. The summed E-state index contributed by atoms with van der Waals surface area (Å²) in [6, 6.07) is 0.602. The molecule has 0 radical (unpaired) electrons. The summed E-state index contributed by atoms with van der Waals surface area (Å²) in [6.45, 7) is 14.9. The first-order valence-corrected chi connectivity index (χ1v) is 8.44. The van der Waals surface area contributed by atoms with Crippen molar-refractivity contribution in [2.75, 3.05) is 39.3 Å². The topological polar surface area (TPSA) is 47.6 Å². The average molecular weight is 296 g/mol. The molecule has 21 heavy (non-hydrogen) atoms. The minimum atomic E-state index is -0.108. The highest BCUT2D eigenvalue weighted by Crippen LogP contribution is 2.19. The van der Waals surface area contributed by atoms with Crippen molar-refractivity contribution in [1.82, 2.24) is 20.4 Å². The third kappa shape index (κ3) is 4.41. The molecule has 2 fully saturated rings. The lowest BCUT2D eigenvalue weighted by Crippen LogP contribution is -2.53. The number of nitrogens with zero attached hydrogens (tertiary/aromatic N) is 2. The minimum absolute atomic E-state index is 0.0243. The lowest BCUT2D eigenvalue weighted by Gasteiger charge is -2.33. The van der Waals surface area contributed by atoms with Gasteiger partial charge in [0.1, 0.15) is 0 Å². The van der Waals surface area contributed by atoms with E-state index in [9.17, 15) is 4.79 Å². The molecular formula is C16H32N4O. The van der Waals surface area contributed by atoms with E-state index in [0.717, 1.165) is 45.7 Å². The number of rotatable bonds is 5. The molecule has 5 heteroatoms. The molecule has 2 aliphatic rings. The number of hydrogen-bond donors (Lipinski definition) is 2. The zero-order chi connectivity index (χ0) is 15.5. The lowest BCUT2D eigenvalue weighted by molar-refractivity contribution is -0.127. The van der Waals surface area contributed by atoms with E-state index in [-0.39, 0.29) is 17.5 Å². The predicted octanol–water partition coefficient (Wildman–Crippen LogP) is 0.659. The lowest BCUT2D eigenvalue weighted by atomic mass is 10.0. The molecule has 5 nitrogen and oxygen atoms in total. The van der Waals surface area contributed by atoms with E-state index in [1.165, 1.54) is 6.42 Å². The summed E-state index contributed by atoms with van der Waals surface area (Å²) in [5.41, 5.74) is -0.108. The van der Waals surface area contributed by atoms with Crippen molar-refractivity contribution in [3.05, 3.63) is 0 Å². The van der Waals surface area contributed by atoms with Gasteiger partial charge in [0.2, 0.25) is 5.91 Å². The number of amides is 1. The van der Waals surface area contributed by atoms with Crippen LogP contribution in [-0.2, 0) is 4.79 Å². The van der Waals surface area contributed by atoms with Crippen molar-refractivity contribution in [2.24, 2.45) is 0 Å². The van der Waals surface area contributed by atoms with Crippen LogP contribution in [0, 0.1) is 0 Å². The Morgan fingerprint density at radius 1 is 1.33 bits per heavy atom. The van der Waals surface area contributed by atoms with Crippen molar-refractivity contribution in [3.8, 4) is 0 Å². The molecule has 2 aliphatic heterocycles. The molecule has 0 aromatic heterocycles. The van der Waals surface area contributed by atoms with E-state index in [2.05, 4.69) is 41.2 Å². The summed E-state index contributed by atoms with van der Waals surface area (Å²) >= 11 is 0. The van der Waals surface area contributed by atoms with Gasteiger partial charge in [-0.1, -0.05) is 6.92 Å². The van der Waals surface area contributed by atoms with Crippen LogP contribution in [0.25, 0.3) is 0 Å². The smallest absolute Gasteiger partial charge is 0.237 e. The van der Waals surface area contributed by atoms with Gasteiger partial charge in [0.05, 0.1) is 6.04 Å². The molecule has 0 aromatic carbocycles. The Morgan fingerprint density at radius 3 is 2.62 bits per heavy atom. The molecular weight excluding hydrogens is 264 g/mol. The van der Waals surface area contributed by atoms with Crippen LogP contribution >= 0.6 is 0 Å². The SMILES string of the molecule is CCC(C)(C)NC(=O)C(C)N1CCC(N2CCNCC2)C1. The van der Waals surface area contributed by atoms with Crippen LogP contribution < -0.4 is 10.6 Å². The standard InChI is InChI=1S/C16H32N4O/c1-5-16(3,4)18-15(21)13(2)20-9-6-14(12-20)19-10-7-17-8-11-19/h13-14,17H,5-12H2,1-4H3,(H,18,21). The second kappa shape index (κ2) is 7.07. The number of carbonyl (C=O) groups is 1. The van der Waals surface area contributed by atoms with Crippen LogP contribution in [0.4, 0.5) is 0 Å². The number of carbonyl (C=O) groups excluding carboxylic acids is 1. The van der Waals surface area contributed by atoms with E-state index in [0.29, 0.717) is 6.04 Å². The van der Waals surface area contributed by atoms with Gasteiger partial charge in [-0.05, 0) is 33.6 Å². The molecule has 122 valence electrons. The van der Waals surface area contributed by atoms with Crippen LogP contribution in [0.5, 0.6) is 0 Å². The summed E-state index contributed by atoms with van der Waals surface area (Å²) < 4.78 is 0. The van der Waals surface area contributed by atoms with Crippen LogP contribution in [0.1, 0.15) is 40.5 Å². The number of hydrogen-bond acceptors (Lipinski definition) is 4. The van der Waals surface area contributed by atoms with Gasteiger partial charge in [-0.15, -0.1) is 0 Å². The first-order chi connectivity index (χ1) is 9.93. The number of likely N-dealkylation sites (tertiary alicyclic amines) is 1. The van der Waals surface area contributed by atoms with E-state index in [4.69, 9.17) is 0 Å². The van der Waals surface area contributed by atoms with Gasteiger partial charge in [-0.25, -0.2) is 0 Å². The molecule has 2 saturated heterocycles. The maximum absolute atomic E-state index is 12.4. The largest absolute Gasteiger partial charge is 0.350 e. The van der Waals surface area contributed by atoms with Gasteiger partial charge in [-0.3, -0.25) is 14.6 Å². The molecule has 0 aromatic rings. The molecule has 2 atom stereocenters. The van der Waals surface area contributed by atoms with Crippen LogP contribution in [-0.4, -0.2) is 72.6 Å². The Hall–Kier alpha value is -0.650. The fourth-order valence-corrected chi connectivity index (χ4v) is 3.16. The third-order valence-electron chi connectivity index (χ3n) is 5.14. The van der Waals surface area contributed by atoms with Crippen LogP contribution in [0.2, 0.25) is 0 Å². The second-order valence-electron chi connectivity index (χ2n) is 7.13. The van der Waals surface area contributed by atoms with Crippen molar-refractivity contribution in [1.29, 1.82) is 0 Å². The summed E-state index contributed by atoms with van der Waals surface area (Å²) in [5.74, 6) is 0.169. The Labute approximate surface area is 129 Å². The van der Waals surface area contributed by atoms with Crippen LogP contribution in [0.3, 0.4) is 0 Å². The zero-order valence-corrected chi connectivity index (χ0v) is 14.1. The molecule has 0 bridgehead atoms. The van der Waals surface area contributed by atoms with Crippen molar-refractivity contribution >= 4 is 5.91 Å². The quantitative estimate of drug-likeness (QED) is 0.782. The average Bonchev–Trinajstić information content (AvgIpc) is 2.96. The molecule has 2 rings (SSSR count). The maximum Gasteiger partial charge on any atom is 0.237 e. The van der Waals surface area contributed by atoms with Crippen molar-refractivity contribution in [2.45, 2.75) is 58.2 Å². The van der Waals surface area contributed by atoms with Crippen molar-refractivity contribution in [3.63, 3.8) is 0 Å². The third-order valence-corrected chi connectivity index (χ3v) is 5.14. The summed E-state index contributed by atoms with van der Waals surface area (Å²) in [6.07, 6.45) is 2.14. The molecule has 2 heterocycles. The van der Waals surface area contributed by atoms with E-state index < -0.39 is 0 Å². The summed E-state index contributed by atoms with van der Waals surface area (Å²) in [4.78, 5) is 17.3. The zero-order valence-electron chi connectivity index (χ0n) is 14.1. The second-order valence-corrected chi connectivity index (χ2v) is 7.13. The summed E-state index contributed by atoms with van der Waals surface area (Å²) in [7, 11) is 0. The predicted molar refractivity (Wildman–Crippen MR) is 86.4 cm³/mol. The summed E-state index contributed by atoms with van der Waals surface area (Å²) in [5, 5.41) is 6.58. The van der Waals surface area contributed by atoms with E-state index in [1.807, 2.05) is 6.92 Å². The molecule has 0 saturated carbocycles. The van der Waals surface area contributed by atoms with E-state index >= 15 is 0 Å². The maximum atomic E-state index is 12.4. The molecule has 2 unspecified atom stereocenters. The fourth-order valence-electron chi connectivity index (χ4n) is 3.16. The first kappa shape index (κ1) is 16.7. The Balaban J connectivity index is 1.83. The fraction of sp³-hybridized carbons (Fsp3) is 0.938. The van der Waals surface area contributed by atoms with Gasteiger partial charge < -0.3 is 10.6 Å². The monoisotopic (exact) mass is 296 g/mol. The normalized spacial score (nSPS) is 26.8. The highest BCUT2D eigenvalue weighted by atomic mass is 16.2. The number of nitrogens with one attached hydrogen (secondary N) is 2. The van der Waals surface area contributed by atoms with Gasteiger partial charge in [0.15, 0.2) is 0 Å². The van der Waals surface area contributed by atoms with Gasteiger partial charge in [0, 0.05) is 50.8 Å². The Kier molecular flexibility index (Phi) is 5.63. The molecule has 2 N–H and O–H groups in total. The van der Waals surface area contributed by atoms with Gasteiger partial charge in [-0.2, -0.15) is 0 Å². The Bertz CT molecular complexity index is 352. The van der Waals surface area contributed by atoms with E-state index in [1.54, 1.807) is 0 Å².